The van der Waals surface area contributed by atoms with E-state index in [0.717, 1.165) is 10.8 Å². The number of rotatable bonds is 5. The predicted octanol–water partition coefficient (Wildman–Crippen LogP) is 1.76. The highest BCUT2D eigenvalue weighted by molar-refractivity contribution is 6.04. The van der Waals surface area contributed by atoms with Crippen LogP contribution in [0.2, 0.25) is 0 Å². The topological polar surface area (TPSA) is 110 Å². The molecule has 1 aromatic heterocycles. The third-order valence-electron chi connectivity index (χ3n) is 4.16. The van der Waals surface area contributed by atoms with Crippen LogP contribution < -0.4 is 16.6 Å². The number of benzene rings is 2. The summed E-state index contributed by atoms with van der Waals surface area (Å²) in [6.45, 7) is -0.324. The molecule has 0 bridgehead atoms. The van der Waals surface area contributed by atoms with Gasteiger partial charge >= 0.3 is 11.7 Å². The largest absolute Gasteiger partial charge is 0.465 e. The Labute approximate surface area is 163 Å². The lowest BCUT2D eigenvalue weighted by molar-refractivity contribution is 0.0600. The highest BCUT2D eigenvalue weighted by Gasteiger charge is 2.16. The fourth-order valence-corrected chi connectivity index (χ4v) is 2.62. The molecule has 3 rings (SSSR count). The van der Waals surface area contributed by atoms with E-state index in [1.165, 1.54) is 49.6 Å². The lowest BCUT2D eigenvalue weighted by Crippen LogP contribution is -2.39. The van der Waals surface area contributed by atoms with Crippen molar-refractivity contribution in [3.05, 3.63) is 98.1 Å². The molecule has 0 atom stereocenters. The minimum Gasteiger partial charge on any atom is -0.465 e. The van der Waals surface area contributed by atoms with Crippen molar-refractivity contribution in [2.24, 2.45) is 0 Å². The van der Waals surface area contributed by atoms with E-state index in [1.54, 1.807) is 6.07 Å². The van der Waals surface area contributed by atoms with E-state index >= 15 is 0 Å². The van der Waals surface area contributed by atoms with Gasteiger partial charge in [-0.05, 0) is 30.3 Å². The molecule has 0 aliphatic rings. The number of aromatic amines is 1. The van der Waals surface area contributed by atoms with Gasteiger partial charge in [0.15, 0.2) is 0 Å². The number of anilines is 1. The average molecular weight is 397 g/mol. The van der Waals surface area contributed by atoms with Crippen LogP contribution in [0.3, 0.4) is 0 Å². The van der Waals surface area contributed by atoms with E-state index in [9.17, 15) is 23.6 Å². The van der Waals surface area contributed by atoms with Crippen LogP contribution in [-0.2, 0) is 11.3 Å². The fraction of sp³-hybridized carbons (Fsp3) is 0.100. The molecule has 1 heterocycles. The van der Waals surface area contributed by atoms with Gasteiger partial charge in [0.25, 0.3) is 11.5 Å². The molecule has 148 valence electrons. The molecule has 8 nitrogen and oxygen atoms in total. The molecule has 9 heteroatoms. The summed E-state index contributed by atoms with van der Waals surface area (Å²) < 4.78 is 19.2. The summed E-state index contributed by atoms with van der Waals surface area (Å²) in [6.07, 6.45) is 1.00. The second-order valence-electron chi connectivity index (χ2n) is 6.01. The minimum atomic E-state index is -0.860. The Morgan fingerprint density at radius 1 is 1.10 bits per heavy atom. The van der Waals surface area contributed by atoms with Crippen LogP contribution in [-0.4, -0.2) is 28.5 Å². The van der Waals surface area contributed by atoms with E-state index in [-0.39, 0.29) is 17.7 Å². The van der Waals surface area contributed by atoms with Crippen molar-refractivity contribution in [1.29, 1.82) is 0 Å². The Hall–Kier alpha value is -4.01. The zero-order chi connectivity index (χ0) is 21.0. The second-order valence-corrected chi connectivity index (χ2v) is 6.01. The van der Waals surface area contributed by atoms with Gasteiger partial charge in [0.1, 0.15) is 11.4 Å². The van der Waals surface area contributed by atoms with Crippen molar-refractivity contribution >= 4 is 17.6 Å². The first-order valence-corrected chi connectivity index (χ1v) is 8.46. The van der Waals surface area contributed by atoms with Gasteiger partial charge in [-0.25, -0.2) is 14.0 Å². The number of carbonyl (C=O) groups excluding carboxylic acids is 2. The zero-order valence-corrected chi connectivity index (χ0v) is 15.3. The van der Waals surface area contributed by atoms with Crippen molar-refractivity contribution in [3.63, 3.8) is 0 Å². The summed E-state index contributed by atoms with van der Waals surface area (Å²) in [5.41, 5.74) is -1.19. The number of ether oxygens (including phenoxy) is 1. The summed E-state index contributed by atoms with van der Waals surface area (Å²) in [4.78, 5) is 50.9. The third-order valence-corrected chi connectivity index (χ3v) is 4.16. The summed E-state index contributed by atoms with van der Waals surface area (Å²) in [6, 6.07) is 11.5. The summed E-state index contributed by atoms with van der Waals surface area (Å²) >= 11 is 0. The van der Waals surface area contributed by atoms with E-state index in [2.05, 4.69) is 15.0 Å². The van der Waals surface area contributed by atoms with E-state index in [4.69, 9.17) is 0 Å². The van der Waals surface area contributed by atoms with Crippen LogP contribution in [0.5, 0.6) is 0 Å². The zero-order valence-electron chi connectivity index (χ0n) is 15.3. The molecule has 1 amide bonds. The number of hydrogen-bond donors (Lipinski definition) is 2. The van der Waals surface area contributed by atoms with Crippen LogP contribution in [0.25, 0.3) is 0 Å². The summed E-state index contributed by atoms with van der Waals surface area (Å²) in [5, 5.41) is 2.50. The van der Waals surface area contributed by atoms with Crippen LogP contribution in [0.15, 0.2) is 64.3 Å². The molecule has 0 saturated carbocycles. The Morgan fingerprint density at radius 2 is 1.79 bits per heavy atom. The van der Waals surface area contributed by atoms with Crippen LogP contribution in [0, 0.1) is 5.82 Å². The molecular formula is C20H16FN3O5. The standard InChI is InChI=1S/C20H16FN3O5/c1-29-19(27)12-6-8-14(9-7-12)23-17(25)15-10-22-20(28)24(18(15)26)11-13-4-2-3-5-16(13)21/h2-10H,11H2,1H3,(H,22,28)(H,23,25). The van der Waals surface area contributed by atoms with E-state index in [0.29, 0.717) is 11.3 Å². The maximum absolute atomic E-state index is 13.9. The van der Waals surface area contributed by atoms with Crippen molar-refractivity contribution < 1.29 is 18.7 Å². The molecule has 3 aromatic rings. The van der Waals surface area contributed by atoms with Crippen molar-refractivity contribution in [2.45, 2.75) is 6.54 Å². The number of carbonyl (C=O) groups is 2. The molecule has 0 saturated heterocycles. The number of hydrogen-bond acceptors (Lipinski definition) is 5. The molecular weight excluding hydrogens is 381 g/mol. The number of amides is 1. The maximum atomic E-state index is 13.9. The molecule has 29 heavy (non-hydrogen) atoms. The van der Waals surface area contributed by atoms with Crippen molar-refractivity contribution in [1.82, 2.24) is 9.55 Å². The van der Waals surface area contributed by atoms with E-state index < -0.39 is 28.9 Å². The molecule has 2 N–H and O–H groups in total. The Morgan fingerprint density at radius 3 is 2.45 bits per heavy atom. The normalized spacial score (nSPS) is 10.4. The predicted molar refractivity (Wildman–Crippen MR) is 103 cm³/mol. The first-order valence-electron chi connectivity index (χ1n) is 8.46. The highest BCUT2D eigenvalue weighted by atomic mass is 19.1. The van der Waals surface area contributed by atoms with Crippen LogP contribution >= 0.6 is 0 Å². The van der Waals surface area contributed by atoms with Crippen molar-refractivity contribution in [2.75, 3.05) is 12.4 Å². The number of halogens is 1. The van der Waals surface area contributed by atoms with Gasteiger partial charge in [0.05, 0.1) is 19.2 Å². The first-order chi connectivity index (χ1) is 13.9. The number of nitrogens with zero attached hydrogens (tertiary/aromatic N) is 1. The SMILES string of the molecule is COC(=O)c1ccc(NC(=O)c2c[nH]c(=O)n(Cc3ccccc3F)c2=O)cc1. The average Bonchev–Trinajstić information content (AvgIpc) is 2.72. The molecule has 0 aliphatic carbocycles. The molecule has 0 fully saturated rings. The smallest absolute Gasteiger partial charge is 0.337 e. The maximum Gasteiger partial charge on any atom is 0.337 e. The lowest BCUT2D eigenvalue weighted by Gasteiger charge is -2.09. The van der Waals surface area contributed by atoms with Crippen molar-refractivity contribution in [3.8, 4) is 0 Å². The molecule has 0 spiro atoms. The van der Waals surface area contributed by atoms with Crippen LogP contribution in [0.4, 0.5) is 10.1 Å². The van der Waals surface area contributed by atoms with Gasteiger partial charge in [-0.3, -0.25) is 14.2 Å². The fourth-order valence-electron chi connectivity index (χ4n) is 2.62. The number of esters is 1. The Bertz CT molecular complexity index is 1180. The second kappa shape index (κ2) is 8.34. The van der Waals surface area contributed by atoms with E-state index in [1.807, 2.05) is 0 Å². The van der Waals surface area contributed by atoms with Gasteiger partial charge < -0.3 is 15.0 Å². The van der Waals surface area contributed by atoms with Gasteiger partial charge in [0, 0.05) is 17.4 Å². The minimum absolute atomic E-state index is 0.135. The highest BCUT2D eigenvalue weighted by Crippen LogP contribution is 2.11. The monoisotopic (exact) mass is 397 g/mol. The Kier molecular flexibility index (Phi) is 5.68. The molecule has 2 aromatic carbocycles. The molecule has 0 aliphatic heterocycles. The quantitative estimate of drug-likeness (QED) is 0.638. The van der Waals surface area contributed by atoms with Gasteiger partial charge in [-0.2, -0.15) is 0 Å². The Balaban J connectivity index is 1.86. The molecule has 0 unspecified atom stereocenters. The number of aromatic nitrogens is 2. The van der Waals surface area contributed by atoms with Crippen LogP contribution in [0.1, 0.15) is 26.3 Å². The first kappa shape index (κ1) is 19.7. The van der Waals surface area contributed by atoms with Gasteiger partial charge in [0.2, 0.25) is 0 Å². The number of H-pyrrole nitrogens is 1. The third kappa shape index (κ3) is 4.29. The lowest BCUT2D eigenvalue weighted by atomic mass is 10.2. The van der Waals surface area contributed by atoms with Gasteiger partial charge in [-0.15, -0.1) is 0 Å². The molecule has 0 radical (unpaired) electrons. The van der Waals surface area contributed by atoms with Gasteiger partial charge in [-0.1, -0.05) is 18.2 Å². The number of nitrogens with one attached hydrogen (secondary N) is 2. The summed E-state index contributed by atoms with van der Waals surface area (Å²) in [5.74, 6) is -1.86. The number of methoxy groups -OCH3 is 1. The summed E-state index contributed by atoms with van der Waals surface area (Å²) in [7, 11) is 1.25.